The topological polar surface area (TPSA) is 35.1 Å². The fraction of sp³-hybridized carbons (Fsp3) is 1.00. The predicted octanol–water partition coefficient (Wildman–Crippen LogP) is 1.39. The van der Waals surface area contributed by atoms with Crippen LogP contribution in [-0.4, -0.2) is 29.1 Å². The highest BCUT2D eigenvalue weighted by molar-refractivity contribution is 7.89. The summed E-state index contributed by atoms with van der Waals surface area (Å²) in [5, 5.41) is 3.31. The van der Waals surface area contributed by atoms with E-state index in [0.29, 0.717) is 12.1 Å². The predicted molar refractivity (Wildman–Crippen MR) is 53.4 cm³/mol. The first-order chi connectivity index (χ1) is 4.86. The van der Waals surface area contributed by atoms with Gasteiger partial charge in [0.2, 0.25) is 0 Å². The Morgan fingerprint density at radius 3 is 1.18 bits per heavy atom. The zero-order chi connectivity index (χ0) is 9.44. The lowest BCUT2D eigenvalue weighted by Gasteiger charge is -2.10. The van der Waals surface area contributed by atoms with Crippen molar-refractivity contribution in [2.24, 2.45) is 0 Å². The highest BCUT2D eigenvalue weighted by atomic mass is 32.2. The van der Waals surface area contributed by atoms with Crippen LogP contribution in [0.3, 0.4) is 0 Å². The molecule has 0 amide bonds. The first kappa shape index (κ1) is 13.8. The first-order valence-electron chi connectivity index (χ1n) is 3.87. The Bertz CT molecular complexity index is 65.7. The summed E-state index contributed by atoms with van der Waals surface area (Å²) >= 11 is -0.611. The molecule has 0 bridgehead atoms. The summed E-state index contributed by atoms with van der Waals surface area (Å²) in [4.78, 5) is 0. The van der Waals surface area contributed by atoms with Gasteiger partial charge in [0.15, 0.2) is 0 Å². The third-order valence-corrected chi connectivity index (χ3v) is 0.667. The highest BCUT2D eigenvalue weighted by Crippen LogP contribution is 1.80. The van der Waals surface area contributed by atoms with Gasteiger partial charge in [-0.15, -0.1) is 0 Å². The second kappa shape index (κ2) is 8.37. The molecule has 0 fully saturated rings. The summed E-state index contributed by atoms with van der Waals surface area (Å²) in [6.07, 6.45) is 3.28. The summed E-state index contributed by atoms with van der Waals surface area (Å²) in [7, 11) is 0. The van der Waals surface area contributed by atoms with E-state index in [4.69, 9.17) is 0 Å². The van der Waals surface area contributed by atoms with Crippen LogP contribution in [-0.2, 0) is 11.2 Å². The summed E-state index contributed by atoms with van der Waals surface area (Å²) in [5.74, 6) is 0. The molecule has 11 heavy (non-hydrogen) atoms. The molecule has 3 heteroatoms. The van der Waals surface area contributed by atoms with Crippen molar-refractivity contribution in [3.63, 3.8) is 0 Å². The van der Waals surface area contributed by atoms with Crippen LogP contribution in [0.2, 0.25) is 0 Å². The minimum Gasteiger partial charge on any atom is -0.617 e. The van der Waals surface area contributed by atoms with E-state index in [2.05, 4.69) is 33.0 Å². The molecule has 0 heterocycles. The lowest BCUT2D eigenvalue weighted by molar-refractivity contribution is 0.518. The molecule has 0 saturated carbocycles. The van der Waals surface area contributed by atoms with Crippen LogP contribution in [0.15, 0.2) is 0 Å². The zero-order valence-corrected chi connectivity index (χ0v) is 9.29. The molecule has 0 spiro atoms. The van der Waals surface area contributed by atoms with Crippen LogP contribution in [0.4, 0.5) is 0 Å². The van der Waals surface area contributed by atoms with E-state index in [9.17, 15) is 4.55 Å². The van der Waals surface area contributed by atoms with Gasteiger partial charge < -0.3 is 9.87 Å². The standard InChI is InChI=1S/C6H15N.C2H6OS/c1-5(2)7-6(3)4;1-4(2)3/h5-7H,1-4H3;1-2H3. The van der Waals surface area contributed by atoms with Crippen molar-refractivity contribution in [3.8, 4) is 0 Å². The van der Waals surface area contributed by atoms with Gasteiger partial charge in [-0.3, -0.25) is 0 Å². The lowest BCUT2D eigenvalue weighted by atomic mass is 10.3. The largest absolute Gasteiger partial charge is 0.617 e. The maximum absolute atomic E-state index is 9.56. The fourth-order valence-electron chi connectivity index (χ4n) is 0.667. The second-order valence-electron chi connectivity index (χ2n) is 3.22. The van der Waals surface area contributed by atoms with Gasteiger partial charge in [0, 0.05) is 12.1 Å². The quantitative estimate of drug-likeness (QED) is 0.650. The average Bonchev–Trinajstić information content (AvgIpc) is 1.56. The van der Waals surface area contributed by atoms with Crippen LogP contribution in [0.1, 0.15) is 27.7 Å². The van der Waals surface area contributed by atoms with E-state index >= 15 is 0 Å². The molecule has 0 aromatic carbocycles. The van der Waals surface area contributed by atoms with Crippen LogP contribution in [0.5, 0.6) is 0 Å². The van der Waals surface area contributed by atoms with Crippen molar-refractivity contribution in [2.75, 3.05) is 12.5 Å². The third-order valence-electron chi connectivity index (χ3n) is 0.667. The molecule has 0 radical (unpaired) electrons. The van der Waals surface area contributed by atoms with Crippen molar-refractivity contribution in [1.29, 1.82) is 0 Å². The summed E-state index contributed by atoms with van der Waals surface area (Å²) < 4.78 is 9.56. The first-order valence-corrected chi connectivity index (χ1v) is 5.84. The van der Waals surface area contributed by atoms with Gasteiger partial charge in [0.25, 0.3) is 0 Å². The molecular weight excluding hydrogens is 158 g/mol. The maximum atomic E-state index is 9.56. The minimum absolute atomic E-state index is 0.611. The molecule has 0 aromatic rings. The van der Waals surface area contributed by atoms with Gasteiger partial charge in [-0.1, -0.05) is 38.9 Å². The zero-order valence-electron chi connectivity index (χ0n) is 8.47. The number of hydrogen-bond acceptors (Lipinski definition) is 2. The molecule has 0 atom stereocenters. The molecule has 0 aliphatic rings. The van der Waals surface area contributed by atoms with Gasteiger partial charge in [-0.05, 0) is 0 Å². The average molecular weight is 179 g/mol. The Morgan fingerprint density at radius 1 is 1.00 bits per heavy atom. The van der Waals surface area contributed by atoms with E-state index in [1.54, 1.807) is 12.5 Å². The van der Waals surface area contributed by atoms with Gasteiger partial charge in [0.05, 0.1) is 12.5 Å². The van der Waals surface area contributed by atoms with Crippen molar-refractivity contribution in [2.45, 2.75) is 39.8 Å². The van der Waals surface area contributed by atoms with E-state index in [-0.39, 0.29) is 0 Å². The highest BCUT2D eigenvalue weighted by Gasteiger charge is 1.92. The Hall–Kier alpha value is 0.270. The van der Waals surface area contributed by atoms with Gasteiger partial charge >= 0.3 is 0 Å². The van der Waals surface area contributed by atoms with Crippen molar-refractivity contribution >= 4 is 11.2 Å². The Kier molecular flexibility index (Phi) is 10.5. The van der Waals surface area contributed by atoms with Crippen LogP contribution >= 0.6 is 0 Å². The second-order valence-corrected chi connectivity index (χ2v) is 4.70. The Morgan fingerprint density at radius 2 is 1.18 bits per heavy atom. The molecular formula is C8H21NOS. The Balaban J connectivity index is 0. The monoisotopic (exact) mass is 179 g/mol. The van der Waals surface area contributed by atoms with E-state index < -0.39 is 11.2 Å². The summed E-state index contributed by atoms with van der Waals surface area (Å²) in [6.45, 7) is 8.61. The molecule has 2 nitrogen and oxygen atoms in total. The van der Waals surface area contributed by atoms with Crippen LogP contribution in [0.25, 0.3) is 0 Å². The number of rotatable bonds is 2. The SMILES string of the molecule is CC(C)NC(C)C.C[S+](C)[O-]. The van der Waals surface area contributed by atoms with Crippen molar-refractivity contribution < 1.29 is 4.55 Å². The third kappa shape index (κ3) is 38.5. The number of hydrogen-bond donors (Lipinski definition) is 1. The van der Waals surface area contributed by atoms with E-state index in [0.717, 1.165) is 0 Å². The molecule has 0 saturated heterocycles. The van der Waals surface area contributed by atoms with E-state index in [1.807, 2.05) is 0 Å². The smallest absolute Gasteiger partial charge is 0.0946 e. The van der Waals surface area contributed by atoms with Gasteiger partial charge in [0.1, 0.15) is 0 Å². The maximum Gasteiger partial charge on any atom is 0.0946 e. The lowest BCUT2D eigenvalue weighted by Crippen LogP contribution is -2.29. The van der Waals surface area contributed by atoms with E-state index in [1.165, 1.54) is 0 Å². The van der Waals surface area contributed by atoms with Gasteiger partial charge in [-0.25, -0.2) is 0 Å². The Labute approximate surface area is 73.9 Å². The van der Waals surface area contributed by atoms with Crippen LogP contribution < -0.4 is 5.32 Å². The molecule has 0 aliphatic carbocycles. The molecule has 1 N–H and O–H groups in total. The molecule has 0 aliphatic heterocycles. The van der Waals surface area contributed by atoms with Gasteiger partial charge in [-0.2, -0.15) is 0 Å². The summed E-state index contributed by atoms with van der Waals surface area (Å²) in [6, 6.07) is 1.25. The van der Waals surface area contributed by atoms with Crippen molar-refractivity contribution in [3.05, 3.63) is 0 Å². The molecule has 0 rings (SSSR count). The molecule has 70 valence electrons. The fourth-order valence-corrected chi connectivity index (χ4v) is 0.667. The van der Waals surface area contributed by atoms with Crippen LogP contribution in [0, 0.1) is 0 Å². The summed E-state index contributed by atoms with van der Waals surface area (Å²) in [5.41, 5.74) is 0. The molecule has 0 aromatic heterocycles. The number of nitrogens with one attached hydrogen (secondary N) is 1. The minimum atomic E-state index is -0.611. The molecule has 0 unspecified atom stereocenters. The van der Waals surface area contributed by atoms with Crippen molar-refractivity contribution in [1.82, 2.24) is 5.32 Å². The normalized spacial score (nSPS) is 10.4.